The van der Waals surface area contributed by atoms with E-state index in [0.717, 1.165) is 12.1 Å². The molecule has 17 heavy (non-hydrogen) atoms. The summed E-state index contributed by atoms with van der Waals surface area (Å²) in [5.74, 6) is 0.142. The molecule has 1 aromatic heterocycles. The molecule has 0 spiro atoms. The summed E-state index contributed by atoms with van der Waals surface area (Å²) in [6, 6.07) is 7.70. The number of imidazole rings is 1. The van der Waals surface area contributed by atoms with E-state index in [-0.39, 0.29) is 5.78 Å². The van der Waals surface area contributed by atoms with Gasteiger partial charge in [-0.05, 0) is 13.8 Å². The largest absolute Gasteiger partial charge is 0.290 e. The minimum absolute atomic E-state index is 0.142. The number of ketones is 1. The van der Waals surface area contributed by atoms with Crippen LogP contribution in [0.2, 0.25) is 0 Å². The highest BCUT2D eigenvalue weighted by Gasteiger charge is 2.10. The molecule has 2 rings (SSSR count). The standard InChI is InChI=1S/C14H17N2O/c1-3-15-8-9-16(11-15)10-14(17)13-6-4-12(2)5-7-13/h4-9,11H,3,10H2,1-2H3/q+1. The first-order valence-electron chi connectivity index (χ1n) is 5.83. The van der Waals surface area contributed by atoms with Gasteiger partial charge in [-0.15, -0.1) is 0 Å². The third-order valence-corrected chi connectivity index (χ3v) is 2.81. The monoisotopic (exact) mass is 229 g/mol. The van der Waals surface area contributed by atoms with Crippen LogP contribution in [0.25, 0.3) is 0 Å². The minimum Gasteiger partial charge on any atom is -0.290 e. The lowest BCUT2D eigenvalue weighted by Crippen LogP contribution is -2.35. The van der Waals surface area contributed by atoms with E-state index >= 15 is 0 Å². The first-order valence-corrected chi connectivity index (χ1v) is 5.83. The van der Waals surface area contributed by atoms with Crippen LogP contribution >= 0.6 is 0 Å². The quantitative estimate of drug-likeness (QED) is 0.581. The van der Waals surface area contributed by atoms with Crippen LogP contribution in [0, 0.1) is 6.92 Å². The highest BCUT2D eigenvalue weighted by atomic mass is 16.1. The summed E-state index contributed by atoms with van der Waals surface area (Å²) >= 11 is 0. The number of hydrogen-bond acceptors (Lipinski definition) is 1. The Morgan fingerprint density at radius 3 is 2.59 bits per heavy atom. The molecule has 88 valence electrons. The minimum atomic E-state index is 0.142. The molecule has 0 aliphatic heterocycles. The van der Waals surface area contributed by atoms with Crippen molar-refractivity contribution >= 4 is 5.78 Å². The second-order valence-electron chi connectivity index (χ2n) is 4.21. The van der Waals surface area contributed by atoms with Gasteiger partial charge in [0.1, 0.15) is 12.4 Å². The van der Waals surface area contributed by atoms with Gasteiger partial charge in [-0.1, -0.05) is 29.8 Å². The number of nitrogens with zero attached hydrogens (tertiary/aromatic N) is 2. The second-order valence-corrected chi connectivity index (χ2v) is 4.21. The van der Waals surface area contributed by atoms with E-state index in [4.69, 9.17) is 0 Å². The normalized spacial score (nSPS) is 10.5. The molecule has 0 N–H and O–H groups in total. The molecule has 3 heteroatoms. The fourth-order valence-electron chi connectivity index (χ4n) is 1.72. The van der Waals surface area contributed by atoms with Crippen LogP contribution in [0.15, 0.2) is 43.0 Å². The van der Waals surface area contributed by atoms with Crippen LogP contribution in [0.5, 0.6) is 0 Å². The number of carbonyl (C=O) groups excluding carboxylic acids is 1. The summed E-state index contributed by atoms with van der Waals surface area (Å²) in [5, 5.41) is 0. The number of Topliss-reactive ketones (excluding diaryl/α,β-unsaturated/α-hetero) is 1. The van der Waals surface area contributed by atoms with Crippen molar-refractivity contribution in [3.8, 4) is 0 Å². The maximum atomic E-state index is 12.0. The van der Waals surface area contributed by atoms with E-state index in [2.05, 4.69) is 6.92 Å². The number of carbonyl (C=O) groups is 1. The molecule has 0 unspecified atom stereocenters. The van der Waals surface area contributed by atoms with Crippen molar-refractivity contribution < 1.29 is 9.36 Å². The molecule has 3 nitrogen and oxygen atoms in total. The number of hydrogen-bond donors (Lipinski definition) is 0. The zero-order valence-corrected chi connectivity index (χ0v) is 10.3. The van der Waals surface area contributed by atoms with Gasteiger partial charge in [-0.25, -0.2) is 9.13 Å². The van der Waals surface area contributed by atoms with E-state index in [1.165, 1.54) is 5.56 Å². The fraction of sp³-hybridized carbons (Fsp3) is 0.286. The molecule has 0 aliphatic rings. The number of benzene rings is 1. The highest BCUT2D eigenvalue weighted by Crippen LogP contribution is 2.04. The Hall–Kier alpha value is -1.90. The van der Waals surface area contributed by atoms with Gasteiger partial charge >= 0.3 is 0 Å². The molecule has 1 heterocycles. The van der Waals surface area contributed by atoms with Crippen LogP contribution in [0.4, 0.5) is 0 Å². The van der Waals surface area contributed by atoms with Gasteiger partial charge in [-0.3, -0.25) is 4.79 Å². The van der Waals surface area contributed by atoms with Gasteiger partial charge in [0.05, 0.1) is 6.54 Å². The Morgan fingerprint density at radius 2 is 2.00 bits per heavy atom. The van der Waals surface area contributed by atoms with Crippen LogP contribution in [0.1, 0.15) is 22.8 Å². The smallest absolute Gasteiger partial charge is 0.244 e. The Bertz CT molecular complexity index is 511. The van der Waals surface area contributed by atoms with Gasteiger partial charge in [0.15, 0.2) is 6.54 Å². The summed E-state index contributed by atoms with van der Waals surface area (Å²) in [5.41, 5.74) is 1.94. The predicted molar refractivity (Wildman–Crippen MR) is 65.8 cm³/mol. The lowest BCUT2D eigenvalue weighted by atomic mass is 10.1. The number of rotatable bonds is 4. The third kappa shape index (κ3) is 2.81. The Morgan fingerprint density at radius 1 is 1.29 bits per heavy atom. The van der Waals surface area contributed by atoms with Gasteiger partial charge < -0.3 is 0 Å². The van der Waals surface area contributed by atoms with Crippen LogP contribution in [-0.2, 0) is 13.1 Å². The fourth-order valence-corrected chi connectivity index (χ4v) is 1.72. The highest BCUT2D eigenvalue weighted by molar-refractivity contribution is 5.95. The summed E-state index contributed by atoms with van der Waals surface area (Å²) in [6.07, 6.45) is 5.85. The van der Waals surface area contributed by atoms with Gasteiger partial charge in [0.2, 0.25) is 12.1 Å². The molecule has 0 saturated heterocycles. The van der Waals surface area contributed by atoms with E-state index in [1.54, 1.807) is 0 Å². The molecular weight excluding hydrogens is 212 g/mol. The molecule has 0 radical (unpaired) electrons. The molecule has 0 aliphatic carbocycles. The maximum absolute atomic E-state index is 12.0. The first-order chi connectivity index (χ1) is 8.19. The topological polar surface area (TPSA) is 25.9 Å². The summed E-state index contributed by atoms with van der Waals surface area (Å²) < 4.78 is 3.95. The van der Waals surface area contributed by atoms with E-state index in [1.807, 2.05) is 59.0 Å². The molecule has 0 bridgehead atoms. The average molecular weight is 229 g/mol. The zero-order chi connectivity index (χ0) is 12.3. The average Bonchev–Trinajstić information content (AvgIpc) is 2.77. The predicted octanol–water partition coefficient (Wildman–Crippen LogP) is 1.99. The van der Waals surface area contributed by atoms with Gasteiger partial charge in [0, 0.05) is 5.56 Å². The summed E-state index contributed by atoms with van der Waals surface area (Å²) in [6.45, 7) is 5.41. The number of aryl methyl sites for hydroxylation is 2. The van der Waals surface area contributed by atoms with Crippen molar-refractivity contribution in [1.29, 1.82) is 0 Å². The Balaban J connectivity index is 2.08. The summed E-state index contributed by atoms with van der Waals surface area (Å²) in [4.78, 5) is 12.0. The first kappa shape index (κ1) is 11.6. The molecule has 0 amide bonds. The third-order valence-electron chi connectivity index (χ3n) is 2.81. The van der Waals surface area contributed by atoms with Crippen molar-refractivity contribution in [2.45, 2.75) is 26.9 Å². The molecular formula is C14H17N2O+. The number of aromatic nitrogens is 2. The van der Waals surface area contributed by atoms with Crippen molar-refractivity contribution in [3.05, 3.63) is 54.1 Å². The zero-order valence-electron chi connectivity index (χ0n) is 10.3. The molecule has 2 aromatic rings. The van der Waals surface area contributed by atoms with E-state index in [0.29, 0.717) is 6.54 Å². The van der Waals surface area contributed by atoms with Crippen molar-refractivity contribution in [2.24, 2.45) is 0 Å². The van der Waals surface area contributed by atoms with Crippen molar-refractivity contribution in [3.63, 3.8) is 0 Å². The van der Waals surface area contributed by atoms with Crippen molar-refractivity contribution in [2.75, 3.05) is 0 Å². The van der Waals surface area contributed by atoms with Crippen LogP contribution < -0.4 is 4.57 Å². The SMILES string of the molecule is CCn1cc[n+](CC(=O)c2ccc(C)cc2)c1. The summed E-state index contributed by atoms with van der Waals surface area (Å²) in [7, 11) is 0. The lowest BCUT2D eigenvalue weighted by Gasteiger charge is -1.99. The van der Waals surface area contributed by atoms with E-state index < -0.39 is 0 Å². The molecule has 0 fully saturated rings. The Labute approximate surface area is 101 Å². The molecule has 1 aromatic carbocycles. The van der Waals surface area contributed by atoms with Crippen LogP contribution in [0.3, 0.4) is 0 Å². The Kier molecular flexibility index (Phi) is 3.38. The van der Waals surface area contributed by atoms with Crippen LogP contribution in [-0.4, -0.2) is 10.4 Å². The molecule has 0 atom stereocenters. The maximum Gasteiger partial charge on any atom is 0.244 e. The van der Waals surface area contributed by atoms with E-state index in [9.17, 15) is 4.79 Å². The van der Waals surface area contributed by atoms with Crippen molar-refractivity contribution in [1.82, 2.24) is 4.57 Å². The van der Waals surface area contributed by atoms with Gasteiger partial charge in [-0.2, -0.15) is 0 Å². The molecule has 0 saturated carbocycles. The van der Waals surface area contributed by atoms with Gasteiger partial charge in [0.25, 0.3) is 0 Å². The second kappa shape index (κ2) is 4.95. The lowest BCUT2D eigenvalue weighted by molar-refractivity contribution is -0.682.